The number of rotatable bonds is 7. The van der Waals surface area contributed by atoms with Crippen molar-refractivity contribution in [2.75, 3.05) is 6.54 Å². The van der Waals surface area contributed by atoms with Crippen LogP contribution in [0.4, 0.5) is 0 Å². The summed E-state index contributed by atoms with van der Waals surface area (Å²) in [5.74, 6) is -0.294. The van der Waals surface area contributed by atoms with Crippen LogP contribution in [0, 0.1) is 0 Å². The summed E-state index contributed by atoms with van der Waals surface area (Å²) in [7, 11) is 0. The second-order valence-corrected chi connectivity index (χ2v) is 6.72. The second-order valence-electron chi connectivity index (χ2n) is 6.72. The molecule has 0 aliphatic rings. The first-order valence-electron chi connectivity index (χ1n) is 9.01. The van der Waals surface area contributed by atoms with Crippen LogP contribution in [0.3, 0.4) is 0 Å². The maximum absolute atomic E-state index is 12.2. The number of benzene rings is 2. The Labute approximate surface area is 157 Å². The number of nitrogens with zero attached hydrogens (tertiary/aromatic N) is 2. The summed E-state index contributed by atoms with van der Waals surface area (Å²) in [5, 5.41) is 12.1. The molecular weight excluding hydrogens is 342 g/mol. The Kier molecular flexibility index (Phi) is 5.54. The third-order valence-electron chi connectivity index (χ3n) is 4.45. The van der Waals surface area contributed by atoms with Crippen molar-refractivity contribution in [1.29, 1.82) is 0 Å². The zero-order valence-corrected chi connectivity index (χ0v) is 15.5. The highest BCUT2D eigenvalue weighted by atomic mass is 16.4. The van der Waals surface area contributed by atoms with Gasteiger partial charge in [0.25, 0.3) is 0 Å². The number of hydrogen-bond donors (Lipinski definition) is 2. The smallest absolute Gasteiger partial charge is 0.335 e. The Morgan fingerprint density at radius 1 is 1.11 bits per heavy atom. The zero-order chi connectivity index (χ0) is 19.4. The van der Waals surface area contributed by atoms with Gasteiger partial charge in [-0.15, -0.1) is 0 Å². The maximum Gasteiger partial charge on any atom is 0.335 e. The Balaban J connectivity index is 1.65. The van der Waals surface area contributed by atoms with E-state index in [0.717, 1.165) is 16.9 Å². The van der Waals surface area contributed by atoms with E-state index in [1.54, 1.807) is 18.2 Å². The Bertz CT molecular complexity index is 976. The average molecular weight is 365 g/mol. The van der Waals surface area contributed by atoms with Crippen molar-refractivity contribution in [2.45, 2.75) is 32.7 Å². The van der Waals surface area contributed by atoms with Gasteiger partial charge in [0.1, 0.15) is 5.82 Å². The molecule has 0 fully saturated rings. The third kappa shape index (κ3) is 4.16. The number of fused-ring (bicyclic) bond motifs is 1. The number of carbonyl (C=O) groups is 2. The molecule has 2 aromatic carbocycles. The van der Waals surface area contributed by atoms with Gasteiger partial charge in [0, 0.05) is 19.0 Å². The Morgan fingerprint density at radius 2 is 1.81 bits per heavy atom. The summed E-state index contributed by atoms with van der Waals surface area (Å²) in [6, 6.07) is 14.8. The molecule has 0 spiro atoms. The fraction of sp³-hybridized carbons (Fsp3) is 0.286. The highest BCUT2D eigenvalue weighted by Crippen LogP contribution is 2.21. The number of hydrogen-bond acceptors (Lipinski definition) is 3. The van der Waals surface area contributed by atoms with E-state index in [2.05, 4.69) is 28.7 Å². The molecule has 0 aliphatic heterocycles. The number of carboxylic acid groups (broad SMARTS) is 1. The molecule has 1 aromatic heterocycles. The van der Waals surface area contributed by atoms with Crippen molar-refractivity contribution < 1.29 is 14.7 Å². The number of imidazole rings is 1. The van der Waals surface area contributed by atoms with Crippen molar-refractivity contribution in [3.63, 3.8) is 0 Å². The fourth-order valence-corrected chi connectivity index (χ4v) is 3.28. The minimum Gasteiger partial charge on any atom is -0.478 e. The summed E-state index contributed by atoms with van der Waals surface area (Å²) in [5.41, 5.74) is 2.71. The van der Waals surface area contributed by atoms with E-state index >= 15 is 0 Å². The lowest BCUT2D eigenvalue weighted by Gasteiger charge is -2.13. The van der Waals surface area contributed by atoms with Gasteiger partial charge in [0.05, 0.1) is 23.0 Å². The van der Waals surface area contributed by atoms with E-state index in [9.17, 15) is 14.7 Å². The molecule has 0 aliphatic carbocycles. The van der Waals surface area contributed by atoms with Gasteiger partial charge >= 0.3 is 5.97 Å². The van der Waals surface area contributed by atoms with Crippen molar-refractivity contribution in [3.8, 4) is 0 Å². The van der Waals surface area contributed by atoms with Crippen molar-refractivity contribution in [2.24, 2.45) is 0 Å². The molecule has 6 nitrogen and oxygen atoms in total. The van der Waals surface area contributed by atoms with Crippen LogP contribution in [0.2, 0.25) is 0 Å². The molecule has 2 N–H and O–H groups in total. The number of amides is 1. The van der Waals surface area contributed by atoms with Gasteiger partial charge in [-0.05, 0) is 37.6 Å². The van der Waals surface area contributed by atoms with E-state index in [-0.39, 0.29) is 23.9 Å². The molecule has 0 unspecified atom stereocenters. The average Bonchev–Trinajstić information content (AvgIpc) is 3.00. The second kappa shape index (κ2) is 8.03. The van der Waals surface area contributed by atoms with Crippen LogP contribution in [0.1, 0.15) is 41.6 Å². The molecule has 0 bridgehead atoms. The minimum atomic E-state index is -1.02. The predicted octanol–water partition coefficient (Wildman–Crippen LogP) is 3.22. The topological polar surface area (TPSA) is 84.2 Å². The number of aromatic carboxylic acids is 1. The number of nitrogens with one attached hydrogen (secondary N) is 1. The van der Waals surface area contributed by atoms with E-state index in [4.69, 9.17) is 0 Å². The normalized spacial score (nSPS) is 11.1. The number of aromatic nitrogens is 2. The standard InChI is InChI=1S/C21H23N3O3/c1-14(2)24-18-10-6-5-9-17(18)23-19(24)11-12-22-20(25)13-15-7-3-4-8-16(15)21(26)27/h3-10,14H,11-13H2,1-2H3,(H,22,25)(H,26,27). The maximum atomic E-state index is 12.2. The summed E-state index contributed by atoms with van der Waals surface area (Å²) in [4.78, 5) is 28.2. The van der Waals surface area contributed by atoms with Crippen LogP contribution in [-0.4, -0.2) is 33.1 Å². The van der Waals surface area contributed by atoms with Crippen molar-refractivity contribution in [1.82, 2.24) is 14.9 Å². The van der Waals surface area contributed by atoms with E-state index in [1.165, 1.54) is 6.07 Å². The summed E-state index contributed by atoms with van der Waals surface area (Å²) in [6.07, 6.45) is 0.655. The molecule has 0 radical (unpaired) electrons. The lowest BCUT2D eigenvalue weighted by molar-refractivity contribution is -0.120. The van der Waals surface area contributed by atoms with Crippen LogP contribution < -0.4 is 5.32 Å². The minimum absolute atomic E-state index is 0.0447. The van der Waals surface area contributed by atoms with Gasteiger partial charge in [0.2, 0.25) is 5.91 Å². The molecule has 6 heteroatoms. The molecule has 0 atom stereocenters. The van der Waals surface area contributed by atoms with Gasteiger partial charge in [0.15, 0.2) is 0 Å². The Hall–Kier alpha value is -3.15. The van der Waals surface area contributed by atoms with Crippen LogP contribution in [0.15, 0.2) is 48.5 Å². The predicted molar refractivity (Wildman–Crippen MR) is 104 cm³/mol. The highest BCUT2D eigenvalue weighted by molar-refractivity contribution is 5.91. The first-order valence-corrected chi connectivity index (χ1v) is 9.01. The Morgan fingerprint density at radius 3 is 2.56 bits per heavy atom. The monoisotopic (exact) mass is 365 g/mol. The van der Waals surface area contributed by atoms with E-state index in [0.29, 0.717) is 18.5 Å². The molecule has 3 rings (SSSR count). The van der Waals surface area contributed by atoms with Gasteiger partial charge in [-0.1, -0.05) is 30.3 Å². The van der Waals surface area contributed by atoms with Crippen LogP contribution >= 0.6 is 0 Å². The van der Waals surface area contributed by atoms with Gasteiger partial charge in [-0.25, -0.2) is 9.78 Å². The van der Waals surface area contributed by atoms with E-state index < -0.39 is 5.97 Å². The van der Waals surface area contributed by atoms with Gasteiger partial charge in [-0.3, -0.25) is 4.79 Å². The third-order valence-corrected chi connectivity index (χ3v) is 4.45. The first kappa shape index (κ1) is 18.6. The summed E-state index contributed by atoms with van der Waals surface area (Å²) < 4.78 is 2.18. The summed E-state index contributed by atoms with van der Waals surface area (Å²) in [6.45, 7) is 4.67. The molecule has 140 valence electrons. The largest absolute Gasteiger partial charge is 0.478 e. The first-order chi connectivity index (χ1) is 13.0. The zero-order valence-electron chi connectivity index (χ0n) is 15.5. The van der Waals surface area contributed by atoms with Crippen LogP contribution in [0.5, 0.6) is 0 Å². The number of para-hydroxylation sites is 2. The van der Waals surface area contributed by atoms with Gasteiger partial charge < -0.3 is 15.0 Å². The lowest BCUT2D eigenvalue weighted by atomic mass is 10.0. The van der Waals surface area contributed by atoms with Crippen LogP contribution in [-0.2, 0) is 17.6 Å². The molecule has 0 saturated heterocycles. The molecule has 0 saturated carbocycles. The number of carboxylic acids is 1. The molecule has 1 amide bonds. The molecule has 1 heterocycles. The van der Waals surface area contributed by atoms with Gasteiger partial charge in [-0.2, -0.15) is 0 Å². The molecule has 27 heavy (non-hydrogen) atoms. The molecule has 3 aromatic rings. The molecular formula is C21H23N3O3. The summed E-state index contributed by atoms with van der Waals surface area (Å²) >= 11 is 0. The highest BCUT2D eigenvalue weighted by Gasteiger charge is 2.14. The number of carbonyl (C=O) groups excluding carboxylic acids is 1. The van der Waals surface area contributed by atoms with Crippen LogP contribution in [0.25, 0.3) is 11.0 Å². The quantitative estimate of drug-likeness (QED) is 0.673. The fourth-order valence-electron chi connectivity index (χ4n) is 3.28. The SMILES string of the molecule is CC(C)n1c(CCNC(=O)Cc2ccccc2C(=O)O)nc2ccccc21. The van der Waals surface area contributed by atoms with E-state index in [1.807, 2.05) is 24.3 Å². The van der Waals surface area contributed by atoms with Crippen molar-refractivity contribution in [3.05, 3.63) is 65.5 Å². The lowest BCUT2D eigenvalue weighted by Crippen LogP contribution is -2.28. The van der Waals surface area contributed by atoms with Crippen molar-refractivity contribution >= 4 is 22.9 Å².